The van der Waals surface area contributed by atoms with Gasteiger partial charge in [-0.15, -0.1) is 0 Å². The summed E-state index contributed by atoms with van der Waals surface area (Å²) in [4.78, 5) is 33.7. The summed E-state index contributed by atoms with van der Waals surface area (Å²) in [5.41, 5.74) is 0.774. The van der Waals surface area contributed by atoms with Crippen LogP contribution in [0.2, 0.25) is 0 Å². The van der Waals surface area contributed by atoms with Crippen LogP contribution >= 0.6 is 0 Å². The third kappa shape index (κ3) is 6.00. The number of ketones is 2. The fraction of sp³-hybridized carbons (Fsp3) is 0.409. The van der Waals surface area contributed by atoms with E-state index in [1.807, 2.05) is 36.4 Å². The summed E-state index contributed by atoms with van der Waals surface area (Å²) in [5, 5.41) is 3.28. The molecule has 2 atom stereocenters. The van der Waals surface area contributed by atoms with Crippen molar-refractivity contribution in [3.63, 3.8) is 0 Å². The van der Waals surface area contributed by atoms with Crippen molar-refractivity contribution < 1.29 is 19.1 Å². The highest BCUT2D eigenvalue weighted by Crippen LogP contribution is 2.43. The molecule has 1 aromatic carbocycles. The number of benzene rings is 1. The van der Waals surface area contributed by atoms with Gasteiger partial charge in [0.25, 0.3) is 0 Å². The van der Waals surface area contributed by atoms with Gasteiger partial charge in [-0.1, -0.05) is 43.0 Å². The number of carbonyl (C=O) groups is 3. The number of allylic oxidation sites excluding steroid dienone is 3. The Morgan fingerprint density at radius 1 is 1.30 bits per heavy atom. The van der Waals surface area contributed by atoms with E-state index in [9.17, 15) is 14.4 Å². The SMILES string of the molecule is C=CC(C)=O.O=C1C=CC2(CCNCC2C(=O)OCc2ccccc2)CC1. The first-order valence-corrected chi connectivity index (χ1v) is 9.23. The highest BCUT2D eigenvalue weighted by molar-refractivity contribution is 5.91. The molecule has 0 bridgehead atoms. The zero-order chi connectivity index (χ0) is 19.7. The number of esters is 1. The van der Waals surface area contributed by atoms with Gasteiger partial charge in [-0.3, -0.25) is 14.4 Å². The van der Waals surface area contributed by atoms with Crippen molar-refractivity contribution in [2.24, 2.45) is 11.3 Å². The van der Waals surface area contributed by atoms with Gasteiger partial charge in [0, 0.05) is 18.4 Å². The lowest BCUT2D eigenvalue weighted by molar-refractivity contribution is -0.155. The van der Waals surface area contributed by atoms with Crippen LogP contribution < -0.4 is 5.32 Å². The van der Waals surface area contributed by atoms with E-state index in [2.05, 4.69) is 11.9 Å². The van der Waals surface area contributed by atoms with Crippen molar-refractivity contribution in [3.05, 3.63) is 60.7 Å². The fourth-order valence-corrected chi connectivity index (χ4v) is 3.37. The van der Waals surface area contributed by atoms with Gasteiger partial charge < -0.3 is 10.1 Å². The van der Waals surface area contributed by atoms with Crippen molar-refractivity contribution in [2.75, 3.05) is 13.1 Å². The van der Waals surface area contributed by atoms with E-state index in [0.717, 1.165) is 24.9 Å². The third-order valence-electron chi connectivity index (χ3n) is 5.04. The van der Waals surface area contributed by atoms with Crippen molar-refractivity contribution >= 4 is 17.5 Å². The van der Waals surface area contributed by atoms with Gasteiger partial charge in [0.2, 0.25) is 0 Å². The van der Waals surface area contributed by atoms with Crippen LogP contribution in [0.5, 0.6) is 0 Å². The molecule has 1 aliphatic carbocycles. The number of hydrogen-bond acceptors (Lipinski definition) is 5. The summed E-state index contributed by atoms with van der Waals surface area (Å²) in [7, 11) is 0. The fourth-order valence-electron chi connectivity index (χ4n) is 3.37. The van der Waals surface area contributed by atoms with E-state index in [4.69, 9.17) is 4.74 Å². The maximum absolute atomic E-state index is 12.5. The summed E-state index contributed by atoms with van der Waals surface area (Å²) in [6.45, 7) is 6.47. The van der Waals surface area contributed by atoms with Crippen LogP contribution in [-0.4, -0.2) is 30.6 Å². The van der Waals surface area contributed by atoms with Gasteiger partial charge in [0.15, 0.2) is 11.6 Å². The quantitative estimate of drug-likeness (QED) is 0.652. The first-order valence-electron chi connectivity index (χ1n) is 9.23. The molecule has 5 nitrogen and oxygen atoms in total. The summed E-state index contributed by atoms with van der Waals surface area (Å²) >= 11 is 0. The highest BCUT2D eigenvalue weighted by Gasteiger charge is 2.45. The molecule has 0 aromatic heterocycles. The van der Waals surface area contributed by atoms with Gasteiger partial charge in [-0.25, -0.2) is 0 Å². The standard InChI is InChI=1S/C18H21NO3.C4H6O/c20-15-6-8-18(9-7-15)10-11-19-12-16(18)17(21)22-13-14-4-2-1-3-5-14;1-3-4(2)5/h1-6,8,16,19H,7,9-13H2;3H,1H2,2H3. The first kappa shape index (κ1) is 20.8. The van der Waals surface area contributed by atoms with Crippen LogP contribution in [0.3, 0.4) is 0 Å². The van der Waals surface area contributed by atoms with Crippen LogP contribution in [-0.2, 0) is 25.7 Å². The minimum Gasteiger partial charge on any atom is -0.461 e. The van der Waals surface area contributed by atoms with Crippen molar-refractivity contribution in [3.8, 4) is 0 Å². The van der Waals surface area contributed by atoms with E-state index in [1.54, 1.807) is 6.08 Å². The predicted molar refractivity (Wildman–Crippen MR) is 104 cm³/mol. The minimum atomic E-state index is -0.215. The van der Waals surface area contributed by atoms with Crippen LogP contribution in [0, 0.1) is 11.3 Å². The second-order valence-corrected chi connectivity index (χ2v) is 6.95. The van der Waals surface area contributed by atoms with E-state index in [0.29, 0.717) is 19.6 Å². The second kappa shape index (κ2) is 9.97. The summed E-state index contributed by atoms with van der Waals surface area (Å²) in [6, 6.07) is 9.70. The Bertz CT molecular complexity index is 710. The molecule has 1 aromatic rings. The minimum absolute atomic E-state index is 0.0185. The maximum Gasteiger partial charge on any atom is 0.311 e. The van der Waals surface area contributed by atoms with Crippen LogP contribution in [0.25, 0.3) is 0 Å². The lowest BCUT2D eigenvalue weighted by Gasteiger charge is -2.42. The Hall–Kier alpha value is -2.53. The van der Waals surface area contributed by atoms with E-state index in [1.165, 1.54) is 13.0 Å². The van der Waals surface area contributed by atoms with E-state index < -0.39 is 0 Å². The van der Waals surface area contributed by atoms with Gasteiger partial charge in [-0.2, -0.15) is 0 Å². The Morgan fingerprint density at radius 2 is 2.00 bits per heavy atom. The Labute approximate surface area is 160 Å². The summed E-state index contributed by atoms with van der Waals surface area (Å²) in [5.74, 6) is -0.213. The number of rotatable bonds is 4. The van der Waals surface area contributed by atoms with E-state index in [-0.39, 0.29) is 28.9 Å². The number of piperidine rings is 1. The first-order chi connectivity index (χ1) is 13.0. The van der Waals surface area contributed by atoms with Gasteiger partial charge in [0.1, 0.15) is 6.61 Å². The average Bonchev–Trinajstić information content (AvgIpc) is 2.70. The van der Waals surface area contributed by atoms with Crippen molar-refractivity contribution in [1.29, 1.82) is 0 Å². The lowest BCUT2D eigenvalue weighted by Crippen LogP contribution is -2.49. The van der Waals surface area contributed by atoms with Gasteiger partial charge >= 0.3 is 5.97 Å². The van der Waals surface area contributed by atoms with Crippen molar-refractivity contribution in [2.45, 2.75) is 32.8 Å². The molecular weight excluding hydrogens is 342 g/mol. The molecular formula is C22H27NO4. The van der Waals surface area contributed by atoms with Crippen LogP contribution in [0.15, 0.2) is 55.1 Å². The molecule has 27 heavy (non-hydrogen) atoms. The normalized spacial score (nSPS) is 23.9. The number of nitrogens with one attached hydrogen (secondary N) is 1. The second-order valence-electron chi connectivity index (χ2n) is 6.95. The molecule has 1 saturated heterocycles. The van der Waals surface area contributed by atoms with Crippen LogP contribution in [0.4, 0.5) is 0 Å². The van der Waals surface area contributed by atoms with Crippen molar-refractivity contribution in [1.82, 2.24) is 5.32 Å². The van der Waals surface area contributed by atoms with Gasteiger partial charge in [0.05, 0.1) is 5.92 Å². The average molecular weight is 369 g/mol. The molecule has 0 saturated carbocycles. The number of hydrogen-bond donors (Lipinski definition) is 1. The molecule has 5 heteroatoms. The largest absolute Gasteiger partial charge is 0.461 e. The Balaban J connectivity index is 0.000000465. The molecule has 0 amide bonds. The highest BCUT2D eigenvalue weighted by atomic mass is 16.5. The van der Waals surface area contributed by atoms with Crippen LogP contribution in [0.1, 0.15) is 31.7 Å². The molecule has 1 aliphatic heterocycles. The zero-order valence-corrected chi connectivity index (χ0v) is 15.8. The summed E-state index contributed by atoms with van der Waals surface area (Å²) < 4.78 is 5.52. The molecule has 1 N–H and O–H groups in total. The van der Waals surface area contributed by atoms with Gasteiger partial charge in [-0.05, 0) is 44.0 Å². The molecule has 1 spiro atoms. The number of carbonyl (C=O) groups excluding carboxylic acids is 3. The summed E-state index contributed by atoms with van der Waals surface area (Å²) in [6.07, 6.45) is 7.02. The lowest BCUT2D eigenvalue weighted by atomic mass is 9.65. The molecule has 0 radical (unpaired) electrons. The zero-order valence-electron chi connectivity index (χ0n) is 15.8. The molecule has 3 rings (SSSR count). The Kier molecular flexibility index (Phi) is 7.67. The third-order valence-corrected chi connectivity index (χ3v) is 5.04. The Morgan fingerprint density at radius 3 is 2.59 bits per heavy atom. The molecule has 1 fully saturated rings. The van der Waals surface area contributed by atoms with E-state index >= 15 is 0 Å². The molecule has 2 unspecified atom stereocenters. The number of ether oxygens (including phenoxy) is 1. The smallest absolute Gasteiger partial charge is 0.311 e. The predicted octanol–water partition coefficient (Wildman–Crippen LogP) is 3.01. The molecule has 144 valence electrons. The maximum atomic E-state index is 12.5. The monoisotopic (exact) mass is 369 g/mol. The topological polar surface area (TPSA) is 72.5 Å². The molecule has 2 aliphatic rings. The molecule has 1 heterocycles.